The summed E-state index contributed by atoms with van der Waals surface area (Å²) in [6.07, 6.45) is 0. The van der Waals surface area contributed by atoms with Gasteiger partial charge in [-0.05, 0) is 29.8 Å². The van der Waals surface area contributed by atoms with Crippen LogP contribution in [0.3, 0.4) is 0 Å². The van der Waals surface area contributed by atoms with Crippen molar-refractivity contribution in [1.29, 1.82) is 0 Å². The van der Waals surface area contributed by atoms with E-state index >= 15 is 0 Å². The molecule has 1 atom stereocenters. The molecule has 1 saturated heterocycles. The van der Waals surface area contributed by atoms with Crippen molar-refractivity contribution < 1.29 is 17.5 Å². The Kier molecular flexibility index (Phi) is 6.87. The van der Waals surface area contributed by atoms with Crippen molar-refractivity contribution in [3.05, 3.63) is 58.9 Å². The number of sulfonamides is 1. The molecule has 0 aromatic heterocycles. The van der Waals surface area contributed by atoms with Gasteiger partial charge in [-0.2, -0.15) is 4.31 Å². The lowest BCUT2D eigenvalue weighted by molar-refractivity contribution is 0.271. The Labute approximate surface area is 163 Å². The molecule has 9 heteroatoms. The molecule has 0 spiro atoms. The normalized spacial score (nSPS) is 18.2. The molecule has 1 N–H and O–H groups in total. The first-order chi connectivity index (χ1) is 11.9. The van der Waals surface area contributed by atoms with Gasteiger partial charge in [-0.15, -0.1) is 12.4 Å². The van der Waals surface area contributed by atoms with Crippen LogP contribution in [0.15, 0.2) is 47.4 Å². The van der Waals surface area contributed by atoms with Crippen LogP contribution in [0.2, 0.25) is 5.02 Å². The molecule has 0 bridgehead atoms. The summed E-state index contributed by atoms with van der Waals surface area (Å²) in [4.78, 5) is -0.000298. The van der Waals surface area contributed by atoms with Crippen LogP contribution in [-0.4, -0.2) is 39.5 Å². The largest absolute Gasteiger partial charge is 0.494 e. The van der Waals surface area contributed by atoms with Crippen LogP contribution in [0, 0.1) is 5.82 Å². The van der Waals surface area contributed by atoms with Gasteiger partial charge in [0.2, 0.25) is 10.0 Å². The monoisotopic (exact) mass is 420 g/mol. The molecular weight excluding hydrogens is 402 g/mol. The van der Waals surface area contributed by atoms with E-state index in [9.17, 15) is 12.8 Å². The first-order valence-corrected chi connectivity index (χ1v) is 9.57. The average Bonchev–Trinajstić information content (AvgIpc) is 2.62. The zero-order valence-electron chi connectivity index (χ0n) is 14.0. The molecule has 142 valence electrons. The smallest absolute Gasteiger partial charge is 0.243 e. The van der Waals surface area contributed by atoms with Crippen LogP contribution >= 0.6 is 24.0 Å². The van der Waals surface area contributed by atoms with Crippen molar-refractivity contribution in [2.45, 2.75) is 10.9 Å². The first-order valence-electron chi connectivity index (χ1n) is 7.75. The van der Waals surface area contributed by atoms with E-state index in [0.29, 0.717) is 24.7 Å². The number of benzene rings is 2. The zero-order chi connectivity index (χ0) is 18.0. The number of piperazine rings is 1. The molecule has 5 nitrogen and oxygen atoms in total. The lowest BCUT2D eigenvalue weighted by atomic mass is 10.1. The highest BCUT2D eigenvalue weighted by Gasteiger charge is 2.34. The molecule has 1 heterocycles. The minimum absolute atomic E-state index is 0. The summed E-state index contributed by atoms with van der Waals surface area (Å²) in [6, 6.07) is 10.3. The minimum Gasteiger partial charge on any atom is -0.494 e. The molecule has 1 unspecified atom stereocenters. The fourth-order valence-corrected chi connectivity index (χ4v) is 4.74. The average molecular weight is 421 g/mol. The number of hydrogen-bond donors (Lipinski definition) is 1. The van der Waals surface area contributed by atoms with Crippen LogP contribution in [0.4, 0.5) is 4.39 Å². The summed E-state index contributed by atoms with van der Waals surface area (Å²) in [5.74, 6) is -0.705. The molecule has 3 rings (SSSR count). The summed E-state index contributed by atoms with van der Waals surface area (Å²) in [7, 11) is -2.52. The minimum atomic E-state index is -3.82. The van der Waals surface area contributed by atoms with E-state index in [0.717, 1.165) is 11.6 Å². The van der Waals surface area contributed by atoms with Gasteiger partial charge in [0.05, 0.1) is 18.0 Å². The predicted octanol–water partition coefficient (Wildman–Crippen LogP) is 3.24. The summed E-state index contributed by atoms with van der Waals surface area (Å²) in [5.41, 5.74) is 0.803. The Morgan fingerprint density at radius 1 is 1.27 bits per heavy atom. The van der Waals surface area contributed by atoms with E-state index in [1.54, 1.807) is 18.2 Å². The summed E-state index contributed by atoms with van der Waals surface area (Å²) < 4.78 is 46.2. The van der Waals surface area contributed by atoms with E-state index in [2.05, 4.69) is 5.32 Å². The molecule has 0 aliphatic carbocycles. The van der Waals surface area contributed by atoms with Crippen molar-refractivity contribution in [3.63, 3.8) is 0 Å². The van der Waals surface area contributed by atoms with Gasteiger partial charge >= 0.3 is 0 Å². The molecule has 2 aromatic carbocycles. The van der Waals surface area contributed by atoms with Gasteiger partial charge in [0.1, 0.15) is 0 Å². The van der Waals surface area contributed by atoms with E-state index in [1.165, 1.54) is 23.5 Å². The molecule has 1 fully saturated rings. The number of methoxy groups -OCH3 is 1. The number of halogens is 3. The fraction of sp³-hybridized carbons (Fsp3) is 0.294. The van der Waals surface area contributed by atoms with Crippen molar-refractivity contribution in [2.24, 2.45) is 0 Å². The lowest BCUT2D eigenvalue weighted by Crippen LogP contribution is -2.48. The van der Waals surface area contributed by atoms with Gasteiger partial charge in [0.25, 0.3) is 0 Å². The Balaban J connectivity index is 0.00000243. The van der Waals surface area contributed by atoms with Crippen molar-refractivity contribution in [3.8, 4) is 5.75 Å². The first kappa shape index (κ1) is 20.9. The number of nitrogens with zero attached hydrogens (tertiary/aromatic N) is 1. The number of ether oxygens (including phenoxy) is 1. The highest BCUT2D eigenvalue weighted by molar-refractivity contribution is 7.89. The van der Waals surface area contributed by atoms with Crippen molar-refractivity contribution in [2.75, 3.05) is 26.7 Å². The quantitative estimate of drug-likeness (QED) is 0.824. The van der Waals surface area contributed by atoms with E-state index in [-0.39, 0.29) is 23.1 Å². The highest BCUT2D eigenvalue weighted by atomic mass is 35.5. The van der Waals surface area contributed by atoms with E-state index in [1.807, 2.05) is 6.07 Å². The Morgan fingerprint density at radius 3 is 2.73 bits per heavy atom. The molecule has 0 radical (unpaired) electrons. The Hall–Kier alpha value is -1.38. The van der Waals surface area contributed by atoms with Crippen LogP contribution in [0.25, 0.3) is 0 Å². The van der Waals surface area contributed by atoms with Crippen LogP contribution < -0.4 is 10.1 Å². The van der Waals surface area contributed by atoms with Crippen LogP contribution in [-0.2, 0) is 10.0 Å². The van der Waals surface area contributed by atoms with Crippen LogP contribution in [0.5, 0.6) is 5.75 Å². The van der Waals surface area contributed by atoms with Gasteiger partial charge in [-0.3, -0.25) is 0 Å². The molecule has 1 aliphatic heterocycles. The van der Waals surface area contributed by atoms with Crippen LogP contribution in [0.1, 0.15) is 11.6 Å². The fourth-order valence-electron chi connectivity index (χ4n) is 2.91. The third kappa shape index (κ3) is 4.13. The predicted molar refractivity (Wildman–Crippen MR) is 101 cm³/mol. The summed E-state index contributed by atoms with van der Waals surface area (Å²) in [6.45, 7) is 1.31. The second-order valence-electron chi connectivity index (χ2n) is 5.69. The number of nitrogens with one attached hydrogen (secondary N) is 1. The van der Waals surface area contributed by atoms with Gasteiger partial charge in [0.15, 0.2) is 11.6 Å². The van der Waals surface area contributed by atoms with E-state index < -0.39 is 21.9 Å². The maximum absolute atomic E-state index is 13.6. The maximum Gasteiger partial charge on any atom is 0.243 e. The van der Waals surface area contributed by atoms with Gasteiger partial charge in [0, 0.05) is 30.7 Å². The summed E-state index contributed by atoms with van der Waals surface area (Å²) >= 11 is 6.05. The van der Waals surface area contributed by atoms with Gasteiger partial charge in [-0.25, -0.2) is 12.8 Å². The van der Waals surface area contributed by atoms with E-state index in [4.69, 9.17) is 16.3 Å². The lowest BCUT2D eigenvalue weighted by Gasteiger charge is -2.35. The molecule has 0 amide bonds. The highest BCUT2D eigenvalue weighted by Crippen LogP contribution is 2.31. The standard InChI is InChI=1S/C17H18ClFN2O3S.ClH/c1-24-17-10-14(5-6-15(17)19)25(22,23)21-8-7-20-11-16(21)12-3-2-4-13(18)9-12;/h2-6,9-10,16,20H,7-8,11H2,1H3;1H. The Bertz CT molecular complexity index is 880. The maximum atomic E-state index is 13.6. The second-order valence-corrected chi connectivity index (χ2v) is 8.01. The zero-order valence-corrected chi connectivity index (χ0v) is 16.4. The van der Waals surface area contributed by atoms with Crippen molar-refractivity contribution in [1.82, 2.24) is 9.62 Å². The van der Waals surface area contributed by atoms with Gasteiger partial charge < -0.3 is 10.1 Å². The second kappa shape index (κ2) is 8.54. The van der Waals surface area contributed by atoms with Gasteiger partial charge in [-0.1, -0.05) is 23.7 Å². The topological polar surface area (TPSA) is 58.6 Å². The van der Waals surface area contributed by atoms with Crippen molar-refractivity contribution >= 4 is 34.0 Å². The molecular formula is C17H19Cl2FN2O3S. The third-order valence-electron chi connectivity index (χ3n) is 4.16. The summed E-state index contributed by atoms with van der Waals surface area (Å²) in [5, 5.41) is 3.75. The molecule has 0 saturated carbocycles. The molecule has 1 aliphatic rings. The third-order valence-corrected chi connectivity index (χ3v) is 6.30. The SMILES string of the molecule is COc1cc(S(=O)(=O)N2CCNCC2c2cccc(Cl)c2)ccc1F.Cl. The Morgan fingerprint density at radius 2 is 2.04 bits per heavy atom. The molecule has 26 heavy (non-hydrogen) atoms. The molecule has 2 aromatic rings. The number of hydrogen-bond acceptors (Lipinski definition) is 4. The number of rotatable bonds is 4.